The summed E-state index contributed by atoms with van der Waals surface area (Å²) in [6, 6.07) is 0.436. The van der Waals surface area contributed by atoms with E-state index in [0.717, 1.165) is 58.4 Å². The fourth-order valence-corrected chi connectivity index (χ4v) is 3.83. The standard InChI is InChI=1S/C17H30N2O2/c20-17(15-5-3-6-15)19(16-7-13-21-14-8-16)12-4-11-18-9-1-2-10-18/h15-16H,1-14H2. The van der Waals surface area contributed by atoms with Gasteiger partial charge in [-0.05, 0) is 64.6 Å². The lowest BCUT2D eigenvalue weighted by atomic mass is 9.83. The molecule has 1 amide bonds. The molecule has 3 aliphatic rings. The van der Waals surface area contributed by atoms with Gasteiger partial charge in [-0.1, -0.05) is 6.42 Å². The summed E-state index contributed by atoms with van der Waals surface area (Å²) in [5.74, 6) is 0.772. The molecule has 0 unspecified atom stereocenters. The highest BCUT2D eigenvalue weighted by Gasteiger charge is 2.33. The smallest absolute Gasteiger partial charge is 0.225 e. The van der Waals surface area contributed by atoms with Crippen molar-refractivity contribution >= 4 is 5.91 Å². The van der Waals surface area contributed by atoms with Gasteiger partial charge in [-0.15, -0.1) is 0 Å². The molecule has 1 aliphatic carbocycles. The highest BCUT2D eigenvalue weighted by atomic mass is 16.5. The van der Waals surface area contributed by atoms with Crippen LogP contribution in [0.1, 0.15) is 51.4 Å². The molecule has 0 spiro atoms. The van der Waals surface area contributed by atoms with Crippen LogP contribution in [0.5, 0.6) is 0 Å². The quantitative estimate of drug-likeness (QED) is 0.753. The fraction of sp³-hybridized carbons (Fsp3) is 0.941. The van der Waals surface area contributed by atoms with Gasteiger partial charge in [0, 0.05) is 31.7 Å². The Kier molecular flexibility index (Phi) is 5.53. The number of rotatable bonds is 6. The zero-order valence-corrected chi connectivity index (χ0v) is 13.3. The highest BCUT2D eigenvalue weighted by Crippen LogP contribution is 2.30. The Balaban J connectivity index is 1.51. The van der Waals surface area contributed by atoms with E-state index in [4.69, 9.17) is 4.74 Å². The maximum Gasteiger partial charge on any atom is 0.225 e. The van der Waals surface area contributed by atoms with Crippen LogP contribution >= 0.6 is 0 Å². The third-order valence-electron chi connectivity index (χ3n) is 5.44. The number of likely N-dealkylation sites (tertiary alicyclic amines) is 1. The molecule has 0 N–H and O–H groups in total. The number of amides is 1. The van der Waals surface area contributed by atoms with Crippen LogP contribution in [0.15, 0.2) is 0 Å². The largest absolute Gasteiger partial charge is 0.381 e. The van der Waals surface area contributed by atoms with E-state index in [2.05, 4.69) is 9.80 Å². The van der Waals surface area contributed by atoms with Gasteiger partial charge in [0.05, 0.1) is 0 Å². The lowest BCUT2D eigenvalue weighted by molar-refractivity contribution is -0.142. The molecular formula is C17H30N2O2. The molecule has 4 nitrogen and oxygen atoms in total. The first kappa shape index (κ1) is 15.3. The SMILES string of the molecule is O=C(C1CCC1)N(CCCN1CCCC1)C1CCOCC1. The Bertz CT molecular complexity index is 332. The summed E-state index contributed by atoms with van der Waals surface area (Å²) >= 11 is 0. The Morgan fingerprint density at radius 3 is 2.38 bits per heavy atom. The van der Waals surface area contributed by atoms with Crippen molar-refractivity contribution in [1.29, 1.82) is 0 Å². The lowest BCUT2D eigenvalue weighted by Crippen LogP contribution is -2.48. The molecular weight excluding hydrogens is 264 g/mol. The van der Waals surface area contributed by atoms with Gasteiger partial charge in [-0.25, -0.2) is 0 Å². The molecule has 4 heteroatoms. The summed E-state index contributed by atoms with van der Waals surface area (Å²) in [5, 5.41) is 0. The first-order valence-electron chi connectivity index (χ1n) is 8.95. The van der Waals surface area contributed by atoms with E-state index in [-0.39, 0.29) is 0 Å². The van der Waals surface area contributed by atoms with Crippen molar-refractivity contribution in [1.82, 2.24) is 9.80 Å². The number of carbonyl (C=O) groups is 1. The molecule has 3 fully saturated rings. The Morgan fingerprint density at radius 2 is 1.76 bits per heavy atom. The van der Waals surface area contributed by atoms with Crippen LogP contribution < -0.4 is 0 Å². The summed E-state index contributed by atoms with van der Waals surface area (Å²) in [6.07, 6.45) is 9.37. The van der Waals surface area contributed by atoms with E-state index >= 15 is 0 Å². The maximum absolute atomic E-state index is 12.7. The zero-order chi connectivity index (χ0) is 14.5. The molecule has 3 rings (SSSR count). The summed E-state index contributed by atoms with van der Waals surface area (Å²) in [5.41, 5.74) is 0. The van der Waals surface area contributed by atoms with Gasteiger partial charge < -0.3 is 14.5 Å². The topological polar surface area (TPSA) is 32.8 Å². The van der Waals surface area contributed by atoms with Gasteiger partial charge >= 0.3 is 0 Å². The van der Waals surface area contributed by atoms with E-state index in [9.17, 15) is 4.79 Å². The van der Waals surface area contributed by atoms with E-state index in [0.29, 0.717) is 17.9 Å². The third-order valence-corrected chi connectivity index (χ3v) is 5.44. The van der Waals surface area contributed by atoms with Crippen LogP contribution in [-0.2, 0) is 9.53 Å². The second-order valence-corrected chi connectivity index (χ2v) is 6.91. The first-order valence-corrected chi connectivity index (χ1v) is 8.95. The lowest BCUT2D eigenvalue weighted by Gasteiger charge is -2.39. The van der Waals surface area contributed by atoms with Crippen LogP contribution in [0.2, 0.25) is 0 Å². The van der Waals surface area contributed by atoms with Crippen molar-refractivity contribution in [2.45, 2.75) is 57.4 Å². The second kappa shape index (κ2) is 7.59. The zero-order valence-electron chi connectivity index (χ0n) is 13.3. The van der Waals surface area contributed by atoms with Crippen molar-refractivity contribution in [2.75, 3.05) is 39.4 Å². The molecule has 2 aliphatic heterocycles. The molecule has 120 valence electrons. The number of hydrogen-bond acceptors (Lipinski definition) is 3. The van der Waals surface area contributed by atoms with Crippen LogP contribution in [0.4, 0.5) is 0 Å². The van der Waals surface area contributed by atoms with Gasteiger partial charge in [-0.2, -0.15) is 0 Å². The van der Waals surface area contributed by atoms with Crippen molar-refractivity contribution in [3.05, 3.63) is 0 Å². The molecule has 0 atom stereocenters. The minimum Gasteiger partial charge on any atom is -0.381 e. The van der Waals surface area contributed by atoms with Gasteiger partial charge in [0.2, 0.25) is 5.91 Å². The van der Waals surface area contributed by atoms with Gasteiger partial charge in [0.25, 0.3) is 0 Å². The normalized spacial score (nSPS) is 25.0. The molecule has 0 aromatic rings. The van der Waals surface area contributed by atoms with Crippen molar-refractivity contribution < 1.29 is 9.53 Å². The Labute approximate surface area is 128 Å². The molecule has 21 heavy (non-hydrogen) atoms. The average molecular weight is 294 g/mol. The highest BCUT2D eigenvalue weighted by molar-refractivity contribution is 5.79. The Hall–Kier alpha value is -0.610. The van der Waals surface area contributed by atoms with Gasteiger partial charge in [0.1, 0.15) is 0 Å². The minimum absolute atomic E-state index is 0.333. The molecule has 0 aromatic carbocycles. The second-order valence-electron chi connectivity index (χ2n) is 6.91. The molecule has 1 saturated carbocycles. The number of hydrogen-bond donors (Lipinski definition) is 0. The number of ether oxygens (including phenoxy) is 1. The Morgan fingerprint density at radius 1 is 1.05 bits per heavy atom. The summed E-state index contributed by atoms with van der Waals surface area (Å²) in [6.45, 7) is 6.28. The average Bonchev–Trinajstić information content (AvgIpc) is 2.96. The summed E-state index contributed by atoms with van der Waals surface area (Å²) in [7, 11) is 0. The van der Waals surface area contributed by atoms with Gasteiger partial charge in [0.15, 0.2) is 0 Å². The summed E-state index contributed by atoms with van der Waals surface area (Å²) < 4.78 is 5.47. The molecule has 2 heterocycles. The fourth-order valence-electron chi connectivity index (χ4n) is 3.83. The predicted octanol–water partition coefficient (Wildman–Crippen LogP) is 2.28. The van der Waals surface area contributed by atoms with E-state index < -0.39 is 0 Å². The third kappa shape index (κ3) is 3.98. The predicted molar refractivity (Wildman–Crippen MR) is 83.2 cm³/mol. The molecule has 0 aromatic heterocycles. The van der Waals surface area contributed by atoms with Crippen molar-refractivity contribution in [2.24, 2.45) is 5.92 Å². The van der Waals surface area contributed by atoms with Crippen molar-refractivity contribution in [3.8, 4) is 0 Å². The van der Waals surface area contributed by atoms with Gasteiger partial charge in [-0.3, -0.25) is 4.79 Å². The van der Waals surface area contributed by atoms with Crippen LogP contribution in [-0.4, -0.2) is 61.1 Å². The van der Waals surface area contributed by atoms with Crippen molar-refractivity contribution in [3.63, 3.8) is 0 Å². The molecule has 2 saturated heterocycles. The van der Waals surface area contributed by atoms with E-state index in [1.165, 1.54) is 32.4 Å². The van der Waals surface area contributed by atoms with E-state index in [1.807, 2.05) is 0 Å². The maximum atomic E-state index is 12.7. The van der Waals surface area contributed by atoms with Crippen LogP contribution in [0.3, 0.4) is 0 Å². The number of carbonyl (C=O) groups excluding carboxylic acids is 1. The summed E-state index contributed by atoms with van der Waals surface area (Å²) in [4.78, 5) is 17.5. The molecule has 0 radical (unpaired) electrons. The van der Waals surface area contributed by atoms with Crippen LogP contribution in [0.25, 0.3) is 0 Å². The number of nitrogens with zero attached hydrogens (tertiary/aromatic N) is 2. The monoisotopic (exact) mass is 294 g/mol. The molecule has 0 bridgehead atoms. The minimum atomic E-state index is 0.333. The van der Waals surface area contributed by atoms with Crippen LogP contribution in [0, 0.1) is 5.92 Å². The van der Waals surface area contributed by atoms with E-state index in [1.54, 1.807) is 0 Å². The first-order chi connectivity index (χ1) is 10.3.